The molecule has 1 radical (unpaired) electrons. The predicted octanol–water partition coefficient (Wildman–Crippen LogP) is 4.24. The van der Waals surface area contributed by atoms with Crippen molar-refractivity contribution < 1.29 is 26.0 Å². The van der Waals surface area contributed by atoms with Gasteiger partial charge in [0.05, 0.1) is 10.3 Å². The minimum absolute atomic E-state index is 0.0976. The van der Waals surface area contributed by atoms with E-state index in [1.54, 1.807) is 0 Å². The fraction of sp³-hybridized carbons (Fsp3) is 0.538. The second-order valence-corrected chi connectivity index (χ2v) is 7.62. The number of sulfone groups is 1. The molecule has 0 bridgehead atoms. The number of halogens is 5. The fourth-order valence-corrected chi connectivity index (χ4v) is 4.16. The highest BCUT2D eigenvalue weighted by atomic mass is 35.5. The summed E-state index contributed by atoms with van der Waals surface area (Å²) in [6, 6.07) is 5.29. The monoisotopic (exact) mass is 343 g/mol. The van der Waals surface area contributed by atoms with E-state index in [0.29, 0.717) is 5.56 Å². The van der Waals surface area contributed by atoms with Crippen molar-refractivity contribution in [1.82, 2.24) is 0 Å². The molecule has 0 aliphatic heterocycles. The summed E-state index contributed by atoms with van der Waals surface area (Å²) in [5, 5.41) is -1.53. The van der Waals surface area contributed by atoms with Crippen LogP contribution in [0, 0.1) is 11.9 Å². The van der Waals surface area contributed by atoms with Gasteiger partial charge < -0.3 is 0 Å². The Morgan fingerprint density at radius 3 is 2.29 bits per heavy atom. The van der Waals surface area contributed by atoms with Crippen molar-refractivity contribution in [2.75, 3.05) is 0 Å². The summed E-state index contributed by atoms with van der Waals surface area (Å²) in [5.74, 6) is -0.886. The average Bonchev–Trinajstić information content (AvgIpc) is 2.41. The summed E-state index contributed by atoms with van der Waals surface area (Å²) in [5.41, 5.74) is -4.83. The zero-order valence-electron chi connectivity index (χ0n) is 10.8. The first-order chi connectivity index (χ1) is 9.64. The molecule has 1 aliphatic carbocycles. The van der Waals surface area contributed by atoms with Gasteiger partial charge in [0.1, 0.15) is 5.82 Å². The normalized spacial score (nSPS) is 24.0. The van der Waals surface area contributed by atoms with E-state index in [1.165, 1.54) is 6.07 Å². The summed E-state index contributed by atoms with van der Waals surface area (Å²) < 4.78 is 73.5. The molecule has 0 heterocycles. The Balaban J connectivity index is 2.13. The minimum Gasteiger partial charge on any atom is -0.219 e. The molecule has 1 aromatic carbocycles. The molecule has 8 heteroatoms. The smallest absolute Gasteiger partial charge is 0.219 e. The topological polar surface area (TPSA) is 34.1 Å². The van der Waals surface area contributed by atoms with Crippen LogP contribution in [0.15, 0.2) is 12.1 Å². The summed E-state index contributed by atoms with van der Waals surface area (Å²) >= 11 is 5.82. The van der Waals surface area contributed by atoms with E-state index < -0.39 is 26.4 Å². The molecular weight excluding hydrogens is 332 g/mol. The molecule has 1 saturated carbocycles. The molecule has 0 atom stereocenters. The van der Waals surface area contributed by atoms with Crippen LogP contribution in [-0.4, -0.2) is 19.2 Å². The first-order valence-electron chi connectivity index (χ1n) is 6.30. The van der Waals surface area contributed by atoms with Crippen molar-refractivity contribution in [2.24, 2.45) is 0 Å². The SMILES string of the molecule is O=S(=O)(C1CCC(c2[c]ccc(F)c2Cl)CC1)C(F)(F)F. The van der Waals surface area contributed by atoms with E-state index in [-0.39, 0.29) is 36.6 Å². The highest BCUT2D eigenvalue weighted by Gasteiger charge is 2.51. The fourth-order valence-electron chi connectivity index (χ4n) is 2.62. The Labute approximate surface area is 125 Å². The molecule has 0 N–H and O–H groups in total. The van der Waals surface area contributed by atoms with E-state index in [2.05, 4.69) is 6.07 Å². The van der Waals surface area contributed by atoms with Gasteiger partial charge in [0.2, 0.25) is 0 Å². The standard InChI is InChI=1S/C13H12ClF4O2S/c14-12-10(2-1-3-11(12)15)8-4-6-9(7-5-8)21(19,20)13(16,17)18/h1,3,8-9H,4-7H2. The van der Waals surface area contributed by atoms with Crippen LogP contribution in [-0.2, 0) is 9.84 Å². The number of hydrogen-bond donors (Lipinski definition) is 0. The third-order valence-electron chi connectivity index (χ3n) is 3.76. The first-order valence-corrected chi connectivity index (χ1v) is 8.22. The van der Waals surface area contributed by atoms with Crippen LogP contribution in [0.25, 0.3) is 0 Å². The molecule has 2 nitrogen and oxygen atoms in total. The second-order valence-electron chi connectivity index (χ2n) is 5.02. The van der Waals surface area contributed by atoms with Crippen LogP contribution in [0.5, 0.6) is 0 Å². The number of hydrogen-bond acceptors (Lipinski definition) is 2. The highest BCUT2D eigenvalue weighted by molar-refractivity contribution is 7.92. The number of alkyl halides is 3. The lowest BCUT2D eigenvalue weighted by Crippen LogP contribution is -2.36. The molecule has 0 unspecified atom stereocenters. The van der Waals surface area contributed by atoms with Gasteiger partial charge in [-0.2, -0.15) is 13.2 Å². The molecule has 0 amide bonds. The number of rotatable bonds is 2. The predicted molar refractivity (Wildman–Crippen MR) is 70.2 cm³/mol. The van der Waals surface area contributed by atoms with Crippen molar-refractivity contribution in [3.05, 3.63) is 34.6 Å². The maximum absolute atomic E-state index is 13.4. The molecule has 0 aromatic heterocycles. The van der Waals surface area contributed by atoms with Gasteiger partial charge in [-0.05, 0) is 49.3 Å². The van der Waals surface area contributed by atoms with Crippen LogP contribution in [0.1, 0.15) is 37.2 Å². The molecule has 1 aromatic rings. The van der Waals surface area contributed by atoms with E-state index in [0.717, 1.165) is 6.07 Å². The number of benzene rings is 1. The Kier molecular flexibility index (Phi) is 4.54. The third-order valence-corrected chi connectivity index (χ3v) is 6.14. The summed E-state index contributed by atoms with van der Waals surface area (Å²) in [7, 11) is -5.14. The van der Waals surface area contributed by atoms with Crippen LogP contribution in [0.2, 0.25) is 5.02 Å². The first kappa shape index (κ1) is 16.5. The molecule has 1 fully saturated rings. The molecule has 0 saturated heterocycles. The van der Waals surface area contributed by atoms with Crippen molar-refractivity contribution >= 4 is 21.4 Å². The van der Waals surface area contributed by atoms with Crippen molar-refractivity contribution in [3.8, 4) is 0 Å². The van der Waals surface area contributed by atoms with Gasteiger partial charge in [0, 0.05) is 0 Å². The summed E-state index contributed by atoms with van der Waals surface area (Å²) in [6.07, 6.45) is 0.180. The Hall–Kier alpha value is -0.820. The maximum atomic E-state index is 13.4. The van der Waals surface area contributed by atoms with Crippen LogP contribution in [0.4, 0.5) is 17.6 Å². The maximum Gasteiger partial charge on any atom is 0.497 e. The van der Waals surface area contributed by atoms with E-state index in [4.69, 9.17) is 11.6 Å². The molecule has 117 valence electrons. The van der Waals surface area contributed by atoms with Gasteiger partial charge in [-0.15, -0.1) is 0 Å². The zero-order chi connectivity index (χ0) is 15.8. The van der Waals surface area contributed by atoms with Gasteiger partial charge in [0.25, 0.3) is 9.84 Å². The van der Waals surface area contributed by atoms with E-state index >= 15 is 0 Å². The van der Waals surface area contributed by atoms with Crippen LogP contribution in [0.3, 0.4) is 0 Å². The quantitative estimate of drug-likeness (QED) is 0.753. The Bertz CT molecular complexity index is 620. The lowest BCUT2D eigenvalue weighted by Gasteiger charge is -2.29. The van der Waals surface area contributed by atoms with Gasteiger partial charge in [-0.25, -0.2) is 12.8 Å². The van der Waals surface area contributed by atoms with Crippen molar-refractivity contribution in [2.45, 2.75) is 42.4 Å². The zero-order valence-corrected chi connectivity index (χ0v) is 12.3. The lowest BCUT2D eigenvalue weighted by molar-refractivity contribution is -0.0448. The van der Waals surface area contributed by atoms with Gasteiger partial charge in [-0.3, -0.25) is 0 Å². The van der Waals surface area contributed by atoms with Crippen molar-refractivity contribution in [1.29, 1.82) is 0 Å². The van der Waals surface area contributed by atoms with Crippen LogP contribution < -0.4 is 0 Å². The molecule has 1 aliphatic rings. The van der Waals surface area contributed by atoms with Gasteiger partial charge in [-0.1, -0.05) is 17.7 Å². The highest BCUT2D eigenvalue weighted by Crippen LogP contribution is 2.41. The van der Waals surface area contributed by atoms with E-state index in [1.807, 2.05) is 0 Å². The summed E-state index contributed by atoms with van der Waals surface area (Å²) in [4.78, 5) is 0. The largest absolute Gasteiger partial charge is 0.497 e. The minimum atomic E-state index is -5.23. The lowest BCUT2D eigenvalue weighted by atomic mass is 9.84. The summed E-state index contributed by atoms with van der Waals surface area (Å²) in [6.45, 7) is 0. The van der Waals surface area contributed by atoms with Gasteiger partial charge in [0.15, 0.2) is 0 Å². The van der Waals surface area contributed by atoms with Gasteiger partial charge >= 0.3 is 5.51 Å². The third kappa shape index (κ3) is 3.18. The Morgan fingerprint density at radius 1 is 1.19 bits per heavy atom. The Morgan fingerprint density at radius 2 is 1.76 bits per heavy atom. The average molecular weight is 344 g/mol. The second kappa shape index (κ2) is 5.76. The van der Waals surface area contributed by atoms with E-state index in [9.17, 15) is 26.0 Å². The molecule has 2 rings (SSSR count). The molecule has 0 spiro atoms. The molecular formula is C13H12ClF4O2S. The molecule has 21 heavy (non-hydrogen) atoms. The van der Waals surface area contributed by atoms with Crippen LogP contribution >= 0.6 is 11.6 Å². The van der Waals surface area contributed by atoms with Crippen molar-refractivity contribution in [3.63, 3.8) is 0 Å².